The van der Waals surface area contributed by atoms with E-state index in [4.69, 9.17) is 0 Å². The molecule has 0 bridgehead atoms. The molecule has 0 nitrogen and oxygen atoms in total. The van der Waals surface area contributed by atoms with E-state index in [2.05, 4.69) is 107 Å². The Bertz CT molecular complexity index is 546. The first kappa shape index (κ1) is 18.8. The minimum absolute atomic E-state index is 0.116. The van der Waals surface area contributed by atoms with Crippen LogP contribution >= 0.6 is 22.6 Å². The molecule has 0 amide bonds. The molecule has 1 aromatic carbocycles. The Morgan fingerprint density at radius 1 is 0.857 bits per heavy atom. The van der Waals surface area contributed by atoms with Gasteiger partial charge in [0.25, 0.3) is 0 Å². The van der Waals surface area contributed by atoms with Crippen LogP contribution in [0.4, 0.5) is 0 Å². The summed E-state index contributed by atoms with van der Waals surface area (Å²) >= 11 is 2.43. The number of hydrogen-bond donors (Lipinski definition) is 0. The molecule has 0 aliphatic heterocycles. The summed E-state index contributed by atoms with van der Waals surface area (Å²) in [6, 6.07) is 4.62. The zero-order valence-electron chi connectivity index (χ0n) is 15.0. The van der Waals surface area contributed by atoms with Gasteiger partial charge >= 0.3 is 0 Å². The van der Waals surface area contributed by atoms with Crippen molar-refractivity contribution in [1.82, 2.24) is 0 Å². The summed E-state index contributed by atoms with van der Waals surface area (Å²) in [4.78, 5) is 0. The van der Waals surface area contributed by atoms with E-state index in [1.165, 1.54) is 20.3 Å². The Morgan fingerprint density at radius 3 is 1.52 bits per heavy atom. The Kier molecular flexibility index (Phi) is 5.44. The molecule has 0 aliphatic rings. The third kappa shape index (κ3) is 5.45. The molecule has 0 radical (unpaired) electrons. The highest BCUT2D eigenvalue weighted by atomic mass is 127. The molecule has 0 aromatic heterocycles. The zero-order chi connectivity index (χ0) is 16.6. The van der Waals surface area contributed by atoms with E-state index in [1.807, 2.05) is 0 Å². The van der Waals surface area contributed by atoms with Gasteiger partial charge in [0, 0.05) is 9.13 Å². The van der Waals surface area contributed by atoms with Gasteiger partial charge < -0.3 is 0 Å². The van der Waals surface area contributed by atoms with Gasteiger partial charge in [-0.2, -0.15) is 0 Å². The fourth-order valence-corrected chi connectivity index (χ4v) is 3.30. The van der Waals surface area contributed by atoms with Gasteiger partial charge in [-0.05, 0) is 56.7 Å². The fraction of sp³-hybridized carbons (Fsp3) is 0.579. The van der Waals surface area contributed by atoms with Crippen LogP contribution in [0.25, 0.3) is 0 Å². The van der Waals surface area contributed by atoms with Crippen molar-refractivity contribution in [3.05, 3.63) is 32.4 Å². The lowest BCUT2D eigenvalue weighted by Gasteiger charge is -2.28. The zero-order valence-corrected chi connectivity index (χ0v) is 18.2. The highest BCUT2D eigenvalue weighted by molar-refractivity contribution is 14.1. The monoisotopic (exact) mass is 412 g/mol. The van der Waals surface area contributed by atoms with E-state index < -0.39 is 8.07 Å². The van der Waals surface area contributed by atoms with E-state index in [9.17, 15) is 0 Å². The maximum absolute atomic E-state index is 3.57. The number of rotatable bonds is 0. The minimum Gasteiger partial charge on any atom is -0.127 e. The normalized spacial score (nSPS) is 12.9. The molecule has 116 valence electrons. The largest absolute Gasteiger partial charge is 0.129 e. The van der Waals surface area contributed by atoms with Gasteiger partial charge in [-0.25, -0.2) is 0 Å². The molecule has 2 heteroatoms. The summed E-state index contributed by atoms with van der Waals surface area (Å²) in [6.45, 7) is 20.6. The molecule has 0 fully saturated rings. The lowest BCUT2D eigenvalue weighted by molar-refractivity contribution is 0.565. The van der Waals surface area contributed by atoms with Gasteiger partial charge in [0.1, 0.15) is 8.07 Å². The molecular weight excluding hydrogens is 383 g/mol. The predicted molar refractivity (Wildman–Crippen MR) is 107 cm³/mol. The van der Waals surface area contributed by atoms with Crippen molar-refractivity contribution in [3.63, 3.8) is 0 Å². The van der Waals surface area contributed by atoms with Crippen molar-refractivity contribution in [3.8, 4) is 11.5 Å². The summed E-state index contributed by atoms with van der Waals surface area (Å²) in [5, 5.41) is 0. The average Bonchev–Trinajstić information content (AvgIpc) is 2.22. The molecule has 1 aromatic rings. The van der Waals surface area contributed by atoms with Gasteiger partial charge in [-0.15, -0.1) is 5.54 Å². The molecule has 1 rings (SSSR count). The average molecular weight is 412 g/mol. The highest BCUT2D eigenvalue weighted by Crippen LogP contribution is 2.35. The Hall–Kier alpha value is -0.273. The van der Waals surface area contributed by atoms with Crippen molar-refractivity contribution < 1.29 is 0 Å². The lowest BCUT2D eigenvalue weighted by Crippen LogP contribution is -2.21. The lowest BCUT2D eigenvalue weighted by atomic mass is 9.76. The van der Waals surface area contributed by atoms with E-state index in [0.29, 0.717) is 0 Å². The Morgan fingerprint density at radius 2 is 1.24 bits per heavy atom. The minimum atomic E-state index is -1.38. The van der Waals surface area contributed by atoms with Crippen LogP contribution in [0.5, 0.6) is 0 Å². The second-order valence-corrected chi connectivity index (χ2v) is 14.9. The molecular formula is C19H29ISi. The third-order valence-electron chi connectivity index (χ3n) is 3.28. The standard InChI is InChI=1S/C19H29ISi/c1-18(2,3)16-12-14(20)13-17(19(4,5)6)15(16)10-11-21(7,8)9/h12-13H,1-9H3. The topological polar surface area (TPSA) is 0 Å². The quantitative estimate of drug-likeness (QED) is 0.274. The third-order valence-corrected chi connectivity index (χ3v) is 4.78. The molecule has 21 heavy (non-hydrogen) atoms. The van der Waals surface area contributed by atoms with Crippen LogP contribution in [0.1, 0.15) is 58.2 Å². The number of halogens is 1. The summed E-state index contributed by atoms with van der Waals surface area (Å²) in [7, 11) is -1.38. The van der Waals surface area contributed by atoms with Gasteiger partial charge in [-0.3, -0.25) is 0 Å². The van der Waals surface area contributed by atoms with Crippen LogP contribution < -0.4 is 0 Å². The summed E-state index contributed by atoms with van der Waals surface area (Å²) < 4.78 is 1.31. The first-order chi connectivity index (χ1) is 9.22. The summed E-state index contributed by atoms with van der Waals surface area (Å²) in [6.07, 6.45) is 0. The first-order valence-electron chi connectivity index (χ1n) is 7.59. The second-order valence-electron chi connectivity index (χ2n) is 8.88. The fourth-order valence-electron chi connectivity index (χ4n) is 2.17. The maximum Gasteiger partial charge on any atom is 0.129 e. The Labute approximate surface area is 146 Å². The molecule has 0 spiro atoms. The number of hydrogen-bond acceptors (Lipinski definition) is 0. The molecule has 0 aliphatic carbocycles. The molecule has 0 unspecified atom stereocenters. The smallest absolute Gasteiger partial charge is 0.127 e. The summed E-state index contributed by atoms with van der Waals surface area (Å²) in [5.74, 6) is 3.57. The molecule has 0 saturated heterocycles. The predicted octanol–water partition coefficient (Wildman–Crippen LogP) is 6.12. The van der Waals surface area contributed by atoms with Crippen molar-refractivity contribution in [2.45, 2.75) is 72.0 Å². The van der Waals surface area contributed by atoms with E-state index in [0.717, 1.165) is 0 Å². The van der Waals surface area contributed by atoms with E-state index in [-0.39, 0.29) is 10.8 Å². The van der Waals surface area contributed by atoms with E-state index >= 15 is 0 Å². The van der Waals surface area contributed by atoms with Crippen LogP contribution in [0.2, 0.25) is 19.6 Å². The highest BCUT2D eigenvalue weighted by Gasteiger charge is 2.25. The van der Waals surface area contributed by atoms with Crippen LogP contribution in [0, 0.1) is 15.0 Å². The molecule has 0 heterocycles. The molecule has 0 atom stereocenters. The van der Waals surface area contributed by atoms with Crippen LogP contribution in [-0.4, -0.2) is 8.07 Å². The van der Waals surface area contributed by atoms with Crippen LogP contribution in [-0.2, 0) is 10.8 Å². The van der Waals surface area contributed by atoms with Gasteiger partial charge in [-0.1, -0.05) is 67.1 Å². The van der Waals surface area contributed by atoms with Gasteiger partial charge in [0.2, 0.25) is 0 Å². The van der Waals surface area contributed by atoms with Crippen LogP contribution in [0.3, 0.4) is 0 Å². The van der Waals surface area contributed by atoms with Crippen molar-refractivity contribution in [1.29, 1.82) is 0 Å². The second kappa shape index (κ2) is 6.08. The van der Waals surface area contributed by atoms with Crippen molar-refractivity contribution in [2.24, 2.45) is 0 Å². The van der Waals surface area contributed by atoms with Gasteiger partial charge in [0.05, 0.1) is 0 Å². The van der Waals surface area contributed by atoms with Crippen LogP contribution in [0.15, 0.2) is 12.1 Å². The summed E-state index contributed by atoms with van der Waals surface area (Å²) in [5.41, 5.74) is 7.82. The van der Waals surface area contributed by atoms with E-state index in [1.54, 1.807) is 0 Å². The molecule has 0 N–H and O–H groups in total. The Balaban J connectivity index is 3.73. The maximum atomic E-state index is 3.57. The molecule has 0 saturated carbocycles. The van der Waals surface area contributed by atoms with Gasteiger partial charge in [0.15, 0.2) is 0 Å². The van der Waals surface area contributed by atoms with Crippen molar-refractivity contribution >= 4 is 30.7 Å². The number of benzene rings is 1. The first-order valence-corrected chi connectivity index (χ1v) is 12.2. The van der Waals surface area contributed by atoms with Crippen molar-refractivity contribution in [2.75, 3.05) is 0 Å². The SMILES string of the molecule is CC(C)(C)c1cc(I)cc(C(C)(C)C)c1C#C[Si](C)(C)C.